The Kier molecular flexibility index (Phi) is 7.09. The average Bonchev–Trinajstić information content (AvgIpc) is 3.10. The van der Waals surface area contributed by atoms with Crippen molar-refractivity contribution in [2.24, 2.45) is 0 Å². The lowest BCUT2D eigenvalue weighted by Crippen LogP contribution is -2.43. The summed E-state index contributed by atoms with van der Waals surface area (Å²) in [6.07, 6.45) is 4.31. The van der Waals surface area contributed by atoms with E-state index in [1.807, 2.05) is 30.4 Å². The number of hydrogen-bond donors (Lipinski definition) is 3. The van der Waals surface area contributed by atoms with E-state index in [0.717, 1.165) is 5.56 Å². The largest absolute Gasteiger partial charge is 0.448 e. The molecule has 3 N–H and O–H groups in total. The van der Waals surface area contributed by atoms with Crippen molar-refractivity contribution < 1.29 is 27.5 Å². The third-order valence-corrected chi connectivity index (χ3v) is 7.15. The topological polar surface area (TPSA) is 123 Å². The first kappa shape index (κ1) is 25.1. The third kappa shape index (κ3) is 5.96. The molecule has 2 aliphatic rings. The summed E-state index contributed by atoms with van der Waals surface area (Å²) in [7, 11) is -3.99. The maximum atomic E-state index is 12.8. The highest BCUT2D eigenvalue weighted by molar-refractivity contribution is 7.93. The van der Waals surface area contributed by atoms with Gasteiger partial charge in [-0.1, -0.05) is 47.5 Å². The van der Waals surface area contributed by atoms with E-state index in [4.69, 9.17) is 32.7 Å². The molecule has 1 heterocycles. The lowest BCUT2D eigenvalue weighted by Gasteiger charge is -2.34. The zero-order valence-corrected chi connectivity index (χ0v) is 20.7. The van der Waals surface area contributed by atoms with Gasteiger partial charge in [0.05, 0.1) is 4.91 Å². The van der Waals surface area contributed by atoms with Crippen LogP contribution in [0.5, 0.6) is 11.5 Å². The van der Waals surface area contributed by atoms with Gasteiger partial charge in [0, 0.05) is 29.1 Å². The number of sulfonamides is 1. The highest BCUT2D eigenvalue weighted by atomic mass is 35.5. The van der Waals surface area contributed by atoms with Crippen LogP contribution < -0.4 is 24.8 Å². The van der Waals surface area contributed by atoms with E-state index in [-0.39, 0.29) is 17.9 Å². The van der Waals surface area contributed by atoms with Gasteiger partial charge in [0.15, 0.2) is 0 Å². The van der Waals surface area contributed by atoms with Crippen molar-refractivity contribution in [1.82, 2.24) is 15.4 Å². The van der Waals surface area contributed by atoms with Gasteiger partial charge in [-0.05, 0) is 42.8 Å². The summed E-state index contributed by atoms with van der Waals surface area (Å²) >= 11 is 12.2. The number of hydrogen-bond acceptors (Lipinski definition) is 6. The SMILES string of the molecule is Cc1ccccc1OC1(Oc2cc(Cl)cc(Cl)c2)C=CC(S(=O)(=O)NCC2NC(=O)NC2=O)=CC1. The highest BCUT2D eigenvalue weighted by Crippen LogP contribution is 2.35. The van der Waals surface area contributed by atoms with E-state index in [0.29, 0.717) is 21.5 Å². The molecule has 2 aromatic rings. The molecule has 1 aliphatic carbocycles. The standard InChI is InChI=1S/C23H21Cl2N3O6S/c1-14-4-2-3-5-20(14)34-23(33-17-11-15(24)10-16(25)12-17)8-6-18(7-9-23)35(31,32)26-13-19-21(29)28-22(30)27-19/h2-8,10-12,19,26H,9,13H2,1H3,(H2,27,28,29,30). The minimum absolute atomic E-state index is 0.0266. The Balaban J connectivity index is 1.56. The molecule has 2 unspecified atom stereocenters. The van der Waals surface area contributed by atoms with E-state index >= 15 is 0 Å². The second-order valence-electron chi connectivity index (χ2n) is 7.90. The average molecular weight is 538 g/mol. The quantitative estimate of drug-likeness (QED) is 0.350. The smallest absolute Gasteiger partial charge is 0.322 e. The zero-order valence-electron chi connectivity index (χ0n) is 18.4. The van der Waals surface area contributed by atoms with Crippen LogP contribution in [0.2, 0.25) is 10.0 Å². The minimum atomic E-state index is -3.99. The number of halogens is 2. The van der Waals surface area contributed by atoms with Gasteiger partial charge in [0.2, 0.25) is 10.0 Å². The molecule has 0 aromatic heterocycles. The van der Waals surface area contributed by atoms with Gasteiger partial charge < -0.3 is 14.8 Å². The number of carbonyl (C=O) groups excluding carboxylic acids is 2. The van der Waals surface area contributed by atoms with Crippen LogP contribution in [0, 0.1) is 6.92 Å². The van der Waals surface area contributed by atoms with Crippen molar-refractivity contribution in [3.05, 3.63) is 81.2 Å². The highest BCUT2D eigenvalue weighted by Gasteiger charge is 2.37. The number of imide groups is 1. The molecule has 0 spiro atoms. The van der Waals surface area contributed by atoms with Crippen LogP contribution in [0.25, 0.3) is 0 Å². The van der Waals surface area contributed by atoms with Crippen molar-refractivity contribution in [2.75, 3.05) is 6.54 Å². The molecular formula is C23H21Cl2N3O6S. The summed E-state index contributed by atoms with van der Waals surface area (Å²) in [5.41, 5.74) is 0.856. The van der Waals surface area contributed by atoms with Gasteiger partial charge >= 0.3 is 6.03 Å². The Morgan fingerprint density at radius 1 is 1.11 bits per heavy atom. The number of carbonyl (C=O) groups is 2. The number of benzene rings is 2. The summed E-state index contributed by atoms with van der Waals surface area (Å²) < 4.78 is 40.3. The van der Waals surface area contributed by atoms with Gasteiger partial charge in [0.25, 0.3) is 11.7 Å². The molecule has 184 valence electrons. The fourth-order valence-electron chi connectivity index (χ4n) is 3.48. The number of aryl methyl sites for hydroxylation is 1. The zero-order chi connectivity index (χ0) is 25.2. The van der Waals surface area contributed by atoms with Crippen LogP contribution in [-0.2, 0) is 14.8 Å². The van der Waals surface area contributed by atoms with Gasteiger partial charge in [-0.25, -0.2) is 17.9 Å². The van der Waals surface area contributed by atoms with Gasteiger partial charge in [-0.2, -0.15) is 0 Å². The molecule has 3 amide bonds. The van der Waals surface area contributed by atoms with E-state index < -0.39 is 33.8 Å². The molecule has 12 heteroatoms. The van der Waals surface area contributed by atoms with Crippen LogP contribution in [0.3, 0.4) is 0 Å². The lowest BCUT2D eigenvalue weighted by molar-refractivity contribution is -0.120. The number of urea groups is 1. The van der Waals surface area contributed by atoms with Crippen LogP contribution in [-0.4, -0.2) is 38.7 Å². The third-order valence-electron chi connectivity index (χ3n) is 5.24. The number of para-hydroxylation sites is 1. The number of nitrogens with one attached hydrogen (secondary N) is 3. The van der Waals surface area contributed by atoms with Crippen molar-refractivity contribution in [1.29, 1.82) is 0 Å². The van der Waals surface area contributed by atoms with Gasteiger partial charge in [0.1, 0.15) is 17.5 Å². The summed E-state index contributed by atoms with van der Waals surface area (Å²) in [6.45, 7) is 1.58. The molecule has 9 nitrogen and oxygen atoms in total. The first-order valence-electron chi connectivity index (χ1n) is 10.5. The van der Waals surface area contributed by atoms with Crippen molar-refractivity contribution in [2.45, 2.75) is 25.2 Å². The summed E-state index contributed by atoms with van der Waals surface area (Å²) in [4.78, 5) is 22.9. The fraction of sp³-hybridized carbons (Fsp3) is 0.217. The Morgan fingerprint density at radius 3 is 2.43 bits per heavy atom. The first-order chi connectivity index (χ1) is 16.6. The van der Waals surface area contributed by atoms with Crippen LogP contribution in [0.4, 0.5) is 4.79 Å². The Morgan fingerprint density at radius 2 is 1.83 bits per heavy atom. The number of ether oxygens (including phenoxy) is 2. The molecule has 0 radical (unpaired) electrons. The predicted octanol–water partition coefficient (Wildman–Crippen LogP) is 3.43. The molecule has 0 saturated carbocycles. The van der Waals surface area contributed by atoms with Crippen LogP contribution in [0.15, 0.2) is 65.6 Å². The van der Waals surface area contributed by atoms with E-state index in [2.05, 4.69) is 10.0 Å². The summed E-state index contributed by atoms with van der Waals surface area (Å²) in [6, 6.07) is 10.4. The fourth-order valence-corrected chi connectivity index (χ4v) is 5.09. The van der Waals surface area contributed by atoms with Gasteiger partial charge in [-0.3, -0.25) is 10.1 Å². The first-order valence-corrected chi connectivity index (χ1v) is 12.7. The molecule has 2 atom stereocenters. The second kappa shape index (κ2) is 9.90. The Hall–Kier alpha value is -3.05. The van der Waals surface area contributed by atoms with Crippen molar-refractivity contribution in [3.63, 3.8) is 0 Å². The van der Waals surface area contributed by atoms with Gasteiger partial charge in [-0.15, -0.1) is 0 Å². The van der Waals surface area contributed by atoms with E-state index in [9.17, 15) is 18.0 Å². The van der Waals surface area contributed by atoms with E-state index in [1.165, 1.54) is 18.2 Å². The molecule has 4 rings (SSSR count). The minimum Gasteiger partial charge on any atom is -0.448 e. The Bertz CT molecular complexity index is 1320. The molecule has 35 heavy (non-hydrogen) atoms. The molecule has 1 saturated heterocycles. The van der Waals surface area contributed by atoms with Crippen molar-refractivity contribution >= 4 is 45.2 Å². The van der Waals surface area contributed by atoms with Crippen molar-refractivity contribution in [3.8, 4) is 11.5 Å². The van der Waals surface area contributed by atoms with Crippen LogP contribution >= 0.6 is 23.2 Å². The number of allylic oxidation sites excluding steroid dienone is 1. The maximum absolute atomic E-state index is 12.8. The summed E-state index contributed by atoms with van der Waals surface area (Å²) in [5, 5.41) is 5.11. The number of amides is 3. The molecule has 1 aliphatic heterocycles. The van der Waals surface area contributed by atoms with Crippen LogP contribution in [0.1, 0.15) is 12.0 Å². The molecular weight excluding hydrogens is 517 g/mol. The normalized spacial score (nSPS) is 21.8. The monoisotopic (exact) mass is 537 g/mol. The van der Waals surface area contributed by atoms with E-state index in [1.54, 1.807) is 24.3 Å². The molecule has 2 aromatic carbocycles. The summed E-state index contributed by atoms with van der Waals surface area (Å²) in [5.74, 6) is -1.11. The molecule has 1 fully saturated rings. The predicted molar refractivity (Wildman–Crippen MR) is 131 cm³/mol. The lowest BCUT2D eigenvalue weighted by atomic mass is 10.1. The second-order valence-corrected chi connectivity index (χ2v) is 10.5. The maximum Gasteiger partial charge on any atom is 0.322 e. The molecule has 0 bridgehead atoms. The number of rotatable bonds is 8. The Labute approximate surface area is 212 Å².